The summed E-state index contributed by atoms with van der Waals surface area (Å²) in [5, 5.41) is 11.8. The lowest BCUT2D eigenvalue weighted by molar-refractivity contribution is -0.138. The Bertz CT molecular complexity index is 667. The van der Waals surface area contributed by atoms with Gasteiger partial charge in [0.2, 0.25) is 0 Å². The van der Waals surface area contributed by atoms with Crippen LogP contribution in [0.15, 0.2) is 26.5 Å². The highest BCUT2D eigenvalue weighted by Gasteiger charge is 2.15. The fourth-order valence-electron chi connectivity index (χ4n) is 1.83. The molecule has 5 nitrogen and oxygen atoms in total. The number of aromatic nitrogens is 1. The summed E-state index contributed by atoms with van der Waals surface area (Å²) >= 11 is 8.46. The third-order valence-corrected chi connectivity index (χ3v) is 4.86. The lowest BCUT2D eigenvalue weighted by atomic mass is 10.1. The Labute approximate surface area is 148 Å². The second kappa shape index (κ2) is 7.54. The van der Waals surface area contributed by atoms with Crippen LogP contribution in [0, 0.1) is 6.92 Å². The van der Waals surface area contributed by atoms with Crippen LogP contribution in [0.25, 0.3) is 0 Å². The van der Waals surface area contributed by atoms with Gasteiger partial charge in [-0.25, -0.2) is 4.98 Å². The van der Waals surface area contributed by atoms with Crippen molar-refractivity contribution < 1.29 is 14.6 Å². The lowest BCUT2D eigenvalue weighted by Gasteiger charge is -2.13. The number of thiazole rings is 1. The molecule has 1 aromatic carbocycles. The molecule has 1 atom stereocenters. The third-order valence-electron chi connectivity index (χ3n) is 2.86. The molecule has 1 heterocycles. The molecule has 1 aromatic heterocycles. The molecule has 0 saturated carbocycles. The van der Waals surface area contributed by atoms with Gasteiger partial charge in [-0.05, 0) is 62.9 Å². The molecule has 0 fully saturated rings. The van der Waals surface area contributed by atoms with E-state index in [0.29, 0.717) is 12.4 Å². The van der Waals surface area contributed by atoms with Gasteiger partial charge >= 0.3 is 5.97 Å². The molecule has 0 spiro atoms. The molecule has 0 aliphatic heterocycles. The van der Waals surface area contributed by atoms with Gasteiger partial charge in [0.15, 0.2) is 0 Å². The molecular weight excluding hydrogens is 436 g/mol. The van der Waals surface area contributed by atoms with Crippen molar-refractivity contribution in [3.63, 3.8) is 0 Å². The number of aryl methyl sites for hydroxylation is 1. The van der Waals surface area contributed by atoms with Crippen LogP contribution < -0.4 is 10.5 Å². The van der Waals surface area contributed by atoms with Crippen molar-refractivity contribution in [3.8, 4) is 5.75 Å². The summed E-state index contributed by atoms with van der Waals surface area (Å²) in [6.07, 6.45) is 0.248. The van der Waals surface area contributed by atoms with Gasteiger partial charge in [0.25, 0.3) is 0 Å². The predicted molar refractivity (Wildman–Crippen MR) is 92.3 cm³/mol. The number of aliphatic carboxylic acids is 1. The first-order valence-electron chi connectivity index (χ1n) is 6.37. The molecule has 2 aromatic rings. The SMILES string of the molecule is Cc1nc(COc2c(Br)cc(CC(N)C(=O)O)cc2Br)cs1. The van der Waals surface area contributed by atoms with E-state index >= 15 is 0 Å². The Balaban J connectivity index is 2.11. The number of rotatable bonds is 6. The summed E-state index contributed by atoms with van der Waals surface area (Å²) in [6.45, 7) is 2.32. The van der Waals surface area contributed by atoms with Gasteiger partial charge in [-0.15, -0.1) is 11.3 Å². The number of nitrogens with two attached hydrogens (primary N) is 1. The number of carboxylic acid groups (broad SMARTS) is 1. The minimum atomic E-state index is -1.02. The van der Waals surface area contributed by atoms with Crippen LogP contribution in [0.3, 0.4) is 0 Å². The molecule has 0 saturated heterocycles. The van der Waals surface area contributed by atoms with E-state index in [1.165, 1.54) is 0 Å². The van der Waals surface area contributed by atoms with Crippen LogP contribution in [0.2, 0.25) is 0 Å². The van der Waals surface area contributed by atoms with Crippen LogP contribution in [-0.4, -0.2) is 22.1 Å². The number of hydrogen-bond donors (Lipinski definition) is 2. The third kappa shape index (κ3) is 4.52. The van der Waals surface area contributed by atoms with E-state index in [2.05, 4.69) is 36.8 Å². The molecule has 0 radical (unpaired) electrons. The zero-order chi connectivity index (χ0) is 16.3. The molecule has 0 aliphatic rings. The zero-order valence-electron chi connectivity index (χ0n) is 11.7. The van der Waals surface area contributed by atoms with Gasteiger partial charge in [0, 0.05) is 5.38 Å². The maximum atomic E-state index is 10.8. The first-order chi connectivity index (χ1) is 10.4. The second-order valence-corrected chi connectivity index (χ2v) is 7.45. The maximum Gasteiger partial charge on any atom is 0.320 e. The van der Waals surface area contributed by atoms with Gasteiger partial charge in [0.1, 0.15) is 18.4 Å². The van der Waals surface area contributed by atoms with Gasteiger partial charge in [-0.1, -0.05) is 0 Å². The minimum absolute atomic E-state index is 0.248. The van der Waals surface area contributed by atoms with Crippen molar-refractivity contribution in [1.29, 1.82) is 0 Å². The second-order valence-electron chi connectivity index (χ2n) is 4.68. The Hall–Kier alpha value is -0.960. The van der Waals surface area contributed by atoms with Crippen LogP contribution in [0.5, 0.6) is 5.75 Å². The number of hydrogen-bond acceptors (Lipinski definition) is 5. The van der Waals surface area contributed by atoms with Crippen molar-refractivity contribution in [2.45, 2.75) is 26.0 Å². The minimum Gasteiger partial charge on any atom is -0.485 e. The topological polar surface area (TPSA) is 85.4 Å². The van der Waals surface area contributed by atoms with E-state index in [9.17, 15) is 4.79 Å². The van der Waals surface area contributed by atoms with E-state index in [4.69, 9.17) is 15.6 Å². The number of carboxylic acids is 1. The smallest absolute Gasteiger partial charge is 0.320 e. The van der Waals surface area contributed by atoms with E-state index in [1.807, 2.05) is 24.4 Å². The van der Waals surface area contributed by atoms with Crippen molar-refractivity contribution in [2.24, 2.45) is 5.73 Å². The molecule has 0 bridgehead atoms. The molecule has 2 rings (SSSR count). The average Bonchev–Trinajstić information content (AvgIpc) is 2.83. The Morgan fingerprint density at radius 3 is 2.59 bits per heavy atom. The number of ether oxygens (including phenoxy) is 1. The Kier molecular flexibility index (Phi) is 5.96. The van der Waals surface area contributed by atoms with Gasteiger partial charge in [0.05, 0.1) is 19.6 Å². The highest BCUT2D eigenvalue weighted by Crippen LogP contribution is 2.35. The van der Waals surface area contributed by atoms with Crippen molar-refractivity contribution in [1.82, 2.24) is 4.98 Å². The Morgan fingerprint density at radius 2 is 2.09 bits per heavy atom. The van der Waals surface area contributed by atoms with Crippen LogP contribution in [-0.2, 0) is 17.8 Å². The molecule has 22 heavy (non-hydrogen) atoms. The maximum absolute atomic E-state index is 10.8. The van der Waals surface area contributed by atoms with Crippen molar-refractivity contribution in [2.75, 3.05) is 0 Å². The largest absolute Gasteiger partial charge is 0.485 e. The van der Waals surface area contributed by atoms with Crippen molar-refractivity contribution >= 4 is 49.2 Å². The summed E-state index contributed by atoms with van der Waals surface area (Å²) in [5.74, 6) is -0.371. The zero-order valence-corrected chi connectivity index (χ0v) is 15.7. The molecule has 8 heteroatoms. The highest BCUT2D eigenvalue weighted by molar-refractivity contribution is 9.11. The van der Waals surface area contributed by atoms with E-state index < -0.39 is 12.0 Å². The molecule has 0 amide bonds. The summed E-state index contributed by atoms with van der Waals surface area (Å²) in [4.78, 5) is 15.2. The number of halogens is 2. The predicted octanol–water partition coefficient (Wildman–Crippen LogP) is 3.51. The van der Waals surface area contributed by atoms with E-state index in [0.717, 1.165) is 25.2 Å². The van der Waals surface area contributed by atoms with Crippen molar-refractivity contribution in [3.05, 3.63) is 42.7 Å². The summed E-state index contributed by atoms with van der Waals surface area (Å²) in [6, 6.07) is 2.70. The van der Waals surface area contributed by atoms with Gasteiger partial charge < -0.3 is 15.6 Å². The van der Waals surface area contributed by atoms with Gasteiger partial charge in [-0.3, -0.25) is 4.79 Å². The number of nitrogens with zero attached hydrogens (tertiary/aromatic N) is 1. The lowest BCUT2D eigenvalue weighted by Crippen LogP contribution is -2.32. The standard InChI is InChI=1S/C14H14Br2N2O3S/c1-7-18-9(6-22-7)5-21-13-10(15)2-8(3-11(13)16)4-12(17)14(19)20/h2-3,6,12H,4-5,17H2,1H3,(H,19,20). The fourth-order valence-corrected chi connectivity index (χ4v) is 3.94. The Morgan fingerprint density at radius 1 is 1.45 bits per heavy atom. The normalized spacial score (nSPS) is 12.2. The number of carbonyl (C=O) groups is 1. The number of benzene rings is 1. The average molecular weight is 450 g/mol. The molecule has 0 aliphatic carbocycles. The molecular formula is C14H14Br2N2O3S. The quantitative estimate of drug-likeness (QED) is 0.704. The van der Waals surface area contributed by atoms with Crippen LogP contribution in [0.4, 0.5) is 0 Å². The monoisotopic (exact) mass is 448 g/mol. The van der Waals surface area contributed by atoms with E-state index in [1.54, 1.807) is 11.3 Å². The fraction of sp³-hybridized carbons (Fsp3) is 0.286. The molecule has 1 unspecified atom stereocenters. The first-order valence-corrected chi connectivity index (χ1v) is 8.83. The summed E-state index contributed by atoms with van der Waals surface area (Å²) < 4.78 is 7.25. The van der Waals surface area contributed by atoms with E-state index in [-0.39, 0.29) is 6.42 Å². The molecule has 118 valence electrons. The van der Waals surface area contributed by atoms with Crippen LogP contribution >= 0.6 is 43.2 Å². The van der Waals surface area contributed by atoms with Crippen LogP contribution in [0.1, 0.15) is 16.3 Å². The first kappa shape index (κ1) is 17.4. The molecule has 3 N–H and O–H groups in total. The summed E-state index contributed by atoms with van der Waals surface area (Å²) in [7, 11) is 0. The highest BCUT2D eigenvalue weighted by atomic mass is 79.9. The summed E-state index contributed by atoms with van der Waals surface area (Å²) in [5.41, 5.74) is 7.24. The van der Waals surface area contributed by atoms with Gasteiger partial charge in [-0.2, -0.15) is 0 Å².